The van der Waals surface area contributed by atoms with E-state index in [9.17, 15) is 4.21 Å². The maximum absolute atomic E-state index is 11.2. The molecule has 1 aromatic heterocycles. The van der Waals surface area contributed by atoms with Gasteiger partial charge in [-0.15, -0.1) is 0 Å². The van der Waals surface area contributed by atoms with Crippen molar-refractivity contribution in [1.82, 2.24) is 9.97 Å². The normalized spacial score (nSPS) is 13.8. The van der Waals surface area contributed by atoms with Gasteiger partial charge in [0.1, 0.15) is 18.0 Å². The van der Waals surface area contributed by atoms with E-state index in [1.54, 1.807) is 12.6 Å². The molecular formula is C14H26N4OS. The second-order valence-electron chi connectivity index (χ2n) is 4.94. The van der Waals surface area contributed by atoms with Crippen LogP contribution in [0.15, 0.2) is 6.33 Å². The summed E-state index contributed by atoms with van der Waals surface area (Å²) in [6, 6.07) is 0.249. The second-order valence-corrected chi connectivity index (χ2v) is 6.50. The van der Waals surface area contributed by atoms with Gasteiger partial charge in [0.05, 0.1) is 0 Å². The molecule has 1 heterocycles. The second kappa shape index (κ2) is 8.89. The van der Waals surface area contributed by atoms with Crippen molar-refractivity contribution >= 4 is 22.4 Å². The molecule has 6 heteroatoms. The maximum atomic E-state index is 11.2. The van der Waals surface area contributed by atoms with Gasteiger partial charge in [-0.2, -0.15) is 0 Å². The van der Waals surface area contributed by atoms with E-state index in [1.807, 2.05) is 0 Å². The van der Waals surface area contributed by atoms with E-state index in [4.69, 9.17) is 0 Å². The van der Waals surface area contributed by atoms with Crippen LogP contribution in [0, 0.1) is 0 Å². The Kier molecular flexibility index (Phi) is 7.51. The first-order chi connectivity index (χ1) is 9.58. The molecule has 1 aromatic rings. The fraction of sp³-hybridized carbons (Fsp3) is 0.714. The van der Waals surface area contributed by atoms with Gasteiger partial charge in [-0.05, 0) is 26.7 Å². The predicted octanol–water partition coefficient (Wildman–Crippen LogP) is 2.43. The maximum Gasteiger partial charge on any atom is 0.134 e. The Morgan fingerprint density at radius 1 is 1.30 bits per heavy atom. The molecule has 0 bridgehead atoms. The topological polar surface area (TPSA) is 66.9 Å². The fourth-order valence-corrected chi connectivity index (χ4v) is 2.68. The zero-order chi connectivity index (χ0) is 15.0. The lowest BCUT2D eigenvalue weighted by Crippen LogP contribution is -2.20. The van der Waals surface area contributed by atoms with E-state index in [1.165, 1.54) is 0 Å². The Morgan fingerprint density at radius 2 is 2.00 bits per heavy atom. The highest BCUT2D eigenvalue weighted by Crippen LogP contribution is 2.22. The van der Waals surface area contributed by atoms with E-state index in [0.29, 0.717) is 5.75 Å². The van der Waals surface area contributed by atoms with Crippen molar-refractivity contribution in [2.75, 3.05) is 29.2 Å². The molecule has 2 atom stereocenters. The fourth-order valence-electron chi connectivity index (χ4n) is 1.99. The van der Waals surface area contributed by atoms with Gasteiger partial charge in [0, 0.05) is 41.0 Å². The minimum Gasteiger partial charge on any atom is -0.370 e. The smallest absolute Gasteiger partial charge is 0.134 e. The minimum absolute atomic E-state index is 0.249. The van der Waals surface area contributed by atoms with Crippen LogP contribution >= 0.6 is 0 Å². The minimum atomic E-state index is -0.745. The molecule has 5 nitrogen and oxygen atoms in total. The number of aromatic nitrogens is 2. The Hall–Kier alpha value is -1.17. The number of rotatable bonds is 9. The highest BCUT2D eigenvalue weighted by molar-refractivity contribution is 7.84. The SMILES string of the molecule is CCCc1c(NCC)ncnc1NC(C)CCS(C)=O. The summed E-state index contributed by atoms with van der Waals surface area (Å²) in [5, 5.41) is 6.71. The van der Waals surface area contributed by atoms with Gasteiger partial charge >= 0.3 is 0 Å². The lowest BCUT2D eigenvalue weighted by atomic mass is 10.1. The number of hydrogen-bond acceptors (Lipinski definition) is 5. The van der Waals surface area contributed by atoms with Gasteiger partial charge in [-0.1, -0.05) is 13.3 Å². The Bertz CT molecular complexity index is 439. The van der Waals surface area contributed by atoms with Gasteiger partial charge in [0.25, 0.3) is 0 Å². The summed E-state index contributed by atoms with van der Waals surface area (Å²) in [5.41, 5.74) is 1.14. The van der Waals surface area contributed by atoms with Crippen LogP contribution in [0.5, 0.6) is 0 Å². The molecule has 0 saturated carbocycles. The lowest BCUT2D eigenvalue weighted by molar-refractivity contribution is 0.678. The van der Waals surface area contributed by atoms with Gasteiger partial charge in [-0.25, -0.2) is 9.97 Å². The molecule has 0 amide bonds. The van der Waals surface area contributed by atoms with Crippen molar-refractivity contribution in [3.8, 4) is 0 Å². The van der Waals surface area contributed by atoms with Crippen LogP contribution in [0.25, 0.3) is 0 Å². The van der Waals surface area contributed by atoms with E-state index in [0.717, 1.165) is 43.0 Å². The van der Waals surface area contributed by atoms with E-state index >= 15 is 0 Å². The van der Waals surface area contributed by atoms with Crippen molar-refractivity contribution in [3.63, 3.8) is 0 Å². The molecule has 114 valence electrons. The summed E-state index contributed by atoms with van der Waals surface area (Å²) in [6.07, 6.45) is 6.19. The quantitative estimate of drug-likeness (QED) is 0.733. The zero-order valence-corrected chi connectivity index (χ0v) is 13.7. The molecule has 0 saturated heterocycles. The summed E-state index contributed by atoms with van der Waals surface area (Å²) in [7, 11) is -0.745. The van der Waals surface area contributed by atoms with Crippen LogP contribution in [-0.4, -0.2) is 38.8 Å². The molecule has 0 aromatic carbocycles. The molecule has 2 unspecified atom stereocenters. The van der Waals surface area contributed by atoms with Gasteiger partial charge in [-0.3, -0.25) is 4.21 Å². The molecule has 1 rings (SSSR count). The first-order valence-corrected chi connectivity index (χ1v) is 8.95. The van der Waals surface area contributed by atoms with Crippen LogP contribution < -0.4 is 10.6 Å². The third-order valence-corrected chi connectivity index (χ3v) is 3.82. The summed E-state index contributed by atoms with van der Waals surface area (Å²) < 4.78 is 11.2. The van der Waals surface area contributed by atoms with Crippen molar-refractivity contribution in [1.29, 1.82) is 0 Å². The number of nitrogens with zero attached hydrogens (tertiary/aromatic N) is 2. The number of anilines is 2. The average Bonchev–Trinajstić information content (AvgIpc) is 2.40. The molecule has 0 fully saturated rings. The summed E-state index contributed by atoms with van der Waals surface area (Å²) in [5.74, 6) is 2.52. The molecule has 20 heavy (non-hydrogen) atoms. The van der Waals surface area contributed by atoms with E-state index in [2.05, 4.69) is 41.4 Å². The largest absolute Gasteiger partial charge is 0.370 e. The molecule has 0 radical (unpaired) electrons. The summed E-state index contributed by atoms with van der Waals surface area (Å²) >= 11 is 0. The van der Waals surface area contributed by atoms with Crippen LogP contribution in [0.3, 0.4) is 0 Å². The Labute approximate surface area is 124 Å². The molecule has 2 N–H and O–H groups in total. The molecule has 0 spiro atoms. The van der Waals surface area contributed by atoms with Crippen LogP contribution in [0.1, 0.15) is 39.2 Å². The highest BCUT2D eigenvalue weighted by atomic mass is 32.2. The van der Waals surface area contributed by atoms with Crippen LogP contribution in [0.2, 0.25) is 0 Å². The van der Waals surface area contributed by atoms with Crippen LogP contribution in [-0.2, 0) is 17.2 Å². The Morgan fingerprint density at radius 3 is 2.60 bits per heavy atom. The van der Waals surface area contributed by atoms with Gasteiger partial charge < -0.3 is 10.6 Å². The van der Waals surface area contributed by atoms with Crippen molar-refractivity contribution in [2.24, 2.45) is 0 Å². The zero-order valence-electron chi connectivity index (χ0n) is 12.9. The average molecular weight is 298 g/mol. The van der Waals surface area contributed by atoms with E-state index in [-0.39, 0.29) is 6.04 Å². The molecule has 0 aliphatic heterocycles. The summed E-state index contributed by atoms with van der Waals surface area (Å²) in [6.45, 7) is 7.15. The highest BCUT2D eigenvalue weighted by Gasteiger charge is 2.12. The van der Waals surface area contributed by atoms with Crippen molar-refractivity contribution in [2.45, 2.75) is 46.1 Å². The van der Waals surface area contributed by atoms with Crippen LogP contribution in [0.4, 0.5) is 11.6 Å². The number of hydrogen-bond donors (Lipinski definition) is 2. The lowest BCUT2D eigenvalue weighted by Gasteiger charge is -2.18. The first kappa shape index (κ1) is 16.9. The van der Waals surface area contributed by atoms with Gasteiger partial charge in [0.2, 0.25) is 0 Å². The predicted molar refractivity (Wildman–Crippen MR) is 86.8 cm³/mol. The third kappa shape index (κ3) is 5.45. The third-order valence-electron chi connectivity index (χ3n) is 3.01. The van der Waals surface area contributed by atoms with Crippen molar-refractivity contribution in [3.05, 3.63) is 11.9 Å². The number of nitrogens with one attached hydrogen (secondary N) is 2. The molecule has 0 aliphatic rings. The monoisotopic (exact) mass is 298 g/mol. The van der Waals surface area contributed by atoms with Crippen molar-refractivity contribution < 1.29 is 4.21 Å². The molecule has 0 aliphatic carbocycles. The van der Waals surface area contributed by atoms with Gasteiger partial charge in [0.15, 0.2) is 0 Å². The summed E-state index contributed by atoms with van der Waals surface area (Å²) in [4.78, 5) is 8.69. The Balaban J connectivity index is 2.81. The standard InChI is InChI=1S/C14H26N4OS/c1-5-7-12-13(15-6-2)16-10-17-14(12)18-11(3)8-9-20(4)19/h10-11H,5-9H2,1-4H3,(H2,15,16,17,18). The first-order valence-electron chi connectivity index (χ1n) is 7.22. The molecular weight excluding hydrogens is 272 g/mol. The van der Waals surface area contributed by atoms with E-state index < -0.39 is 10.8 Å².